The first-order valence-electron chi connectivity index (χ1n) is 9.55. The van der Waals surface area contributed by atoms with Crippen LogP contribution in [-0.2, 0) is 17.1 Å². The number of aryl methyl sites for hydroxylation is 2. The summed E-state index contributed by atoms with van der Waals surface area (Å²) in [5, 5.41) is 5.10. The number of fused-ring (bicyclic) bond motifs is 2. The van der Waals surface area contributed by atoms with Gasteiger partial charge in [0.05, 0.1) is 6.61 Å². The maximum absolute atomic E-state index is 14.2. The fourth-order valence-corrected chi connectivity index (χ4v) is 4.29. The van der Waals surface area contributed by atoms with Gasteiger partial charge < -0.3 is 9.47 Å². The molecule has 1 aliphatic heterocycles. The topological polar surface area (TPSA) is 61.5 Å². The molecule has 0 bridgehead atoms. The van der Waals surface area contributed by atoms with E-state index in [0.717, 1.165) is 22.5 Å². The van der Waals surface area contributed by atoms with Crippen molar-refractivity contribution in [1.82, 2.24) is 19.6 Å². The molecule has 1 atom stereocenters. The van der Waals surface area contributed by atoms with Gasteiger partial charge in [-0.05, 0) is 32.0 Å². The number of thioether (sulfide) groups is 1. The molecule has 0 radical (unpaired) electrons. The maximum atomic E-state index is 14.2. The zero-order valence-corrected chi connectivity index (χ0v) is 17.3. The number of nitrogens with zero attached hydrogens (tertiary/aromatic N) is 4. The summed E-state index contributed by atoms with van der Waals surface area (Å²) in [6.45, 7) is 4.18. The smallest absolute Gasteiger partial charge is 0.253 e. The third kappa shape index (κ3) is 3.64. The van der Waals surface area contributed by atoms with Crippen LogP contribution in [0.2, 0.25) is 0 Å². The van der Waals surface area contributed by atoms with E-state index in [0.29, 0.717) is 34.6 Å². The maximum Gasteiger partial charge on any atom is 0.253 e. The number of rotatable bonds is 4. The van der Waals surface area contributed by atoms with E-state index in [1.54, 1.807) is 4.52 Å². The van der Waals surface area contributed by atoms with Crippen molar-refractivity contribution < 1.29 is 13.9 Å². The van der Waals surface area contributed by atoms with Gasteiger partial charge in [0.2, 0.25) is 11.4 Å². The van der Waals surface area contributed by atoms with E-state index < -0.39 is 6.29 Å². The normalized spacial score (nSPS) is 15.8. The zero-order valence-electron chi connectivity index (χ0n) is 16.5. The highest BCUT2D eigenvalue weighted by Crippen LogP contribution is 2.38. The van der Waals surface area contributed by atoms with Crippen LogP contribution in [0.25, 0.3) is 5.78 Å². The van der Waals surface area contributed by atoms with E-state index in [4.69, 9.17) is 9.47 Å². The number of hydrogen-bond donors (Lipinski definition) is 0. The van der Waals surface area contributed by atoms with E-state index in [9.17, 15) is 4.39 Å². The summed E-state index contributed by atoms with van der Waals surface area (Å²) in [4.78, 5) is 8.91. The Morgan fingerprint density at radius 2 is 1.97 bits per heavy atom. The second-order valence-electron chi connectivity index (χ2n) is 7.16. The molecule has 3 heterocycles. The molecule has 4 aromatic rings. The number of halogens is 1. The minimum Gasteiger partial charge on any atom is -0.460 e. The number of ether oxygens (including phenoxy) is 2. The van der Waals surface area contributed by atoms with Crippen molar-refractivity contribution in [2.75, 3.05) is 0 Å². The van der Waals surface area contributed by atoms with Crippen LogP contribution in [-0.4, -0.2) is 19.6 Å². The van der Waals surface area contributed by atoms with Crippen molar-refractivity contribution in [3.05, 3.63) is 82.4 Å². The molecule has 0 unspecified atom stereocenters. The van der Waals surface area contributed by atoms with Crippen molar-refractivity contribution in [1.29, 1.82) is 0 Å². The summed E-state index contributed by atoms with van der Waals surface area (Å²) >= 11 is 1.42. The molecular weight excluding hydrogens is 403 g/mol. The Kier molecular flexibility index (Phi) is 4.88. The lowest BCUT2D eigenvalue weighted by atomic mass is 10.1. The molecule has 152 valence electrons. The van der Waals surface area contributed by atoms with Gasteiger partial charge in [-0.1, -0.05) is 42.1 Å². The van der Waals surface area contributed by atoms with Gasteiger partial charge in [0.25, 0.3) is 5.78 Å². The highest BCUT2D eigenvalue weighted by atomic mass is 32.2. The van der Waals surface area contributed by atoms with Crippen LogP contribution in [0.4, 0.5) is 4.39 Å². The van der Waals surface area contributed by atoms with Crippen LogP contribution in [0, 0.1) is 19.7 Å². The summed E-state index contributed by atoms with van der Waals surface area (Å²) in [6.07, 6.45) is -0.518. The molecule has 0 aliphatic carbocycles. The first kappa shape index (κ1) is 19.0. The number of hydrogen-bond acceptors (Lipinski definition) is 6. The molecular formula is C22H19FN4O2S. The average molecular weight is 422 g/mol. The monoisotopic (exact) mass is 422 g/mol. The van der Waals surface area contributed by atoms with Crippen LogP contribution in [0.1, 0.15) is 34.4 Å². The third-order valence-corrected chi connectivity index (χ3v) is 5.74. The standard InChI is InChI=1S/C22H19FN4O2S/c1-13-8-14(2)27-21(24-13)25-22(26-27)30-12-17-10-18(23)9-16-11-28-20(29-19(16)17)15-6-4-3-5-7-15/h3-10,20H,11-12H2,1-2H3/t20-/m0/s1. The van der Waals surface area contributed by atoms with Crippen LogP contribution < -0.4 is 4.74 Å². The summed E-state index contributed by atoms with van der Waals surface area (Å²) in [5.74, 6) is 1.38. The molecule has 0 spiro atoms. The van der Waals surface area contributed by atoms with Crippen LogP contribution in [0.15, 0.2) is 53.7 Å². The fourth-order valence-electron chi connectivity index (χ4n) is 3.51. The Bertz CT molecular complexity index is 1230. The highest BCUT2D eigenvalue weighted by molar-refractivity contribution is 7.98. The summed E-state index contributed by atoms with van der Waals surface area (Å²) in [6, 6.07) is 14.6. The summed E-state index contributed by atoms with van der Waals surface area (Å²) in [7, 11) is 0. The molecule has 0 saturated heterocycles. The lowest BCUT2D eigenvalue weighted by Gasteiger charge is -2.28. The first-order valence-corrected chi connectivity index (χ1v) is 10.5. The minimum atomic E-state index is -0.518. The molecule has 30 heavy (non-hydrogen) atoms. The quantitative estimate of drug-likeness (QED) is 0.441. The van der Waals surface area contributed by atoms with Crippen LogP contribution >= 0.6 is 11.8 Å². The molecule has 0 fully saturated rings. The lowest BCUT2D eigenvalue weighted by Crippen LogP contribution is -2.19. The van der Waals surface area contributed by atoms with E-state index >= 15 is 0 Å². The summed E-state index contributed by atoms with van der Waals surface area (Å²) in [5.41, 5.74) is 4.23. The Hall–Kier alpha value is -2.97. The largest absolute Gasteiger partial charge is 0.460 e. The molecule has 6 nitrogen and oxygen atoms in total. The first-order chi connectivity index (χ1) is 14.6. The average Bonchev–Trinajstić information content (AvgIpc) is 3.15. The van der Waals surface area contributed by atoms with E-state index in [-0.39, 0.29) is 5.82 Å². The van der Waals surface area contributed by atoms with Crippen molar-refractivity contribution in [3.8, 4) is 5.75 Å². The molecule has 0 N–H and O–H groups in total. The molecule has 2 aromatic carbocycles. The van der Waals surface area contributed by atoms with Gasteiger partial charge in [0.15, 0.2) is 0 Å². The van der Waals surface area contributed by atoms with Gasteiger partial charge in [-0.15, -0.1) is 5.10 Å². The van der Waals surface area contributed by atoms with E-state index in [1.165, 1.54) is 23.9 Å². The summed E-state index contributed by atoms with van der Waals surface area (Å²) < 4.78 is 27.8. The van der Waals surface area contributed by atoms with Crippen LogP contribution in [0.5, 0.6) is 5.75 Å². The van der Waals surface area contributed by atoms with E-state index in [1.807, 2.05) is 50.2 Å². The zero-order chi connectivity index (χ0) is 20.7. The molecule has 8 heteroatoms. The van der Waals surface area contributed by atoms with Gasteiger partial charge in [0.1, 0.15) is 11.6 Å². The minimum absolute atomic E-state index is 0.291. The third-order valence-electron chi connectivity index (χ3n) is 4.85. The van der Waals surface area contributed by atoms with Crippen molar-refractivity contribution in [3.63, 3.8) is 0 Å². The predicted molar refractivity (Wildman–Crippen MR) is 111 cm³/mol. The molecule has 0 saturated carbocycles. The Morgan fingerprint density at radius 3 is 2.80 bits per heavy atom. The second kappa shape index (κ2) is 7.70. The van der Waals surface area contributed by atoms with Crippen molar-refractivity contribution in [2.24, 2.45) is 0 Å². The molecule has 0 amide bonds. The Balaban J connectivity index is 1.42. The van der Waals surface area contributed by atoms with E-state index in [2.05, 4.69) is 15.1 Å². The highest BCUT2D eigenvalue weighted by Gasteiger charge is 2.25. The lowest BCUT2D eigenvalue weighted by molar-refractivity contribution is -0.112. The predicted octanol–water partition coefficient (Wildman–Crippen LogP) is 4.78. The molecule has 5 rings (SSSR count). The molecule has 2 aromatic heterocycles. The van der Waals surface area contributed by atoms with Crippen molar-refractivity contribution >= 4 is 17.5 Å². The van der Waals surface area contributed by atoms with Crippen molar-refractivity contribution in [2.45, 2.75) is 37.7 Å². The second-order valence-corrected chi connectivity index (χ2v) is 8.10. The fraction of sp³-hybridized carbons (Fsp3) is 0.227. The Labute approximate surface area is 177 Å². The van der Waals surface area contributed by atoms with Gasteiger partial charge >= 0.3 is 0 Å². The van der Waals surface area contributed by atoms with Crippen LogP contribution in [0.3, 0.4) is 0 Å². The number of aromatic nitrogens is 4. The van der Waals surface area contributed by atoms with Gasteiger partial charge in [-0.25, -0.2) is 13.9 Å². The van der Waals surface area contributed by atoms with Gasteiger partial charge in [-0.2, -0.15) is 4.98 Å². The molecule has 1 aliphatic rings. The van der Waals surface area contributed by atoms with Gasteiger partial charge in [-0.3, -0.25) is 0 Å². The van der Waals surface area contributed by atoms with Gasteiger partial charge in [0, 0.05) is 33.8 Å². The SMILES string of the molecule is Cc1cc(C)n2nc(SCc3cc(F)cc4c3O[C@@H](c3ccccc3)OC4)nc2n1. The Morgan fingerprint density at radius 1 is 1.13 bits per heavy atom. The number of benzene rings is 2.